The zero-order valence-corrected chi connectivity index (χ0v) is 19.3. The summed E-state index contributed by atoms with van der Waals surface area (Å²) in [5.41, 5.74) is 3.20. The number of carbonyl (C=O) groups excluding carboxylic acids is 2. The van der Waals surface area contributed by atoms with Crippen molar-refractivity contribution in [2.45, 2.75) is 19.5 Å². The molecule has 0 fully saturated rings. The number of non-ortho nitro benzene ring substituents is 1. The van der Waals surface area contributed by atoms with Gasteiger partial charge in [-0.05, 0) is 41.3 Å². The van der Waals surface area contributed by atoms with Gasteiger partial charge in [0.1, 0.15) is 5.00 Å². The van der Waals surface area contributed by atoms with E-state index < -0.39 is 16.8 Å². The van der Waals surface area contributed by atoms with Crippen LogP contribution in [0.4, 0.5) is 10.7 Å². The lowest BCUT2D eigenvalue weighted by Gasteiger charge is -2.27. The van der Waals surface area contributed by atoms with Crippen molar-refractivity contribution in [3.63, 3.8) is 0 Å². The van der Waals surface area contributed by atoms with Gasteiger partial charge in [-0.3, -0.25) is 19.8 Å². The molecule has 34 heavy (non-hydrogen) atoms. The second-order valence-electron chi connectivity index (χ2n) is 7.82. The number of hydrogen-bond acceptors (Lipinski definition) is 7. The van der Waals surface area contributed by atoms with Crippen molar-refractivity contribution < 1.29 is 19.2 Å². The summed E-state index contributed by atoms with van der Waals surface area (Å²) in [7, 11) is 1.33. The number of carbonyl (C=O) groups is 2. The number of fused-ring (bicyclic) bond motifs is 1. The summed E-state index contributed by atoms with van der Waals surface area (Å²) in [6.07, 6.45) is 3.59. The molecule has 1 amide bonds. The molecule has 4 rings (SSSR count). The molecule has 3 aromatic rings. The number of benzene rings is 2. The van der Waals surface area contributed by atoms with E-state index in [-0.39, 0.29) is 5.69 Å². The molecule has 0 atom stereocenters. The van der Waals surface area contributed by atoms with Crippen LogP contribution in [-0.2, 0) is 29.0 Å². The zero-order valence-electron chi connectivity index (χ0n) is 18.5. The molecule has 0 saturated carbocycles. The number of thiophene rings is 1. The summed E-state index contributed by atoms with van der Waals surface area (Å²) in [5.74, 6) is -0.869. The van der Waals surface area contributed by atoms with Crippen LogP contribution in [0.3, 0.4) is 0 Å². The maximum Gasteiger partial charge on any atom is 0.341 e. The minimum atomic E-state index is -0.478. The van der Waals surface area contributed by atoms with Crippen LogP contribution < -0.4 is 5.32 Å². The minimum Gasteiger partial charge on any atom is -0.465 e. The topological polar surface area (TPSA) is 102 Å². The molecule has 174 valence electrons. The molecule has 1 aromatic heterocycles. The van der Waals surface area contributed by atoms with Crippen LogP contribution >= 0.6 is 11.3 Å². The Bertz CT molecular complexity index is 1240. The number of hydrogen-bond donors (Lipinski definition) is 1. The third kappa shape index (κ3) is 5.38. The van der Waals surface area contributed by atoms with Crippen molar-refractivity contribution in [2.75, 3.05) is 19.0 Å². The number of anilines is 1. The Morgan fingerprint density at radius 3 is 2.59 bits per heavy atom. The molecule has 2 aromatic carbocycles. The highest BCUT2D eigenvalue weighted by Gasteiger charge is 2.29. The lowest BCUT2D eigenvalue weighted by molar-refractivity contribution is -0.384. The molecule has 0 bridgehead atoms. The van der Waals surface area contributed by atoms with Crippen molar-refractivity contribution in [2.24, 2.45) is 0 Å². The number of ether oxygens (including phenoxy) is 1. The molecule has 1 aliphatic heterocycles. The Hall–Kier alpha value is -3.82. The zero-order chi connectivity index (χ0) is 24.1. The quantitative estimate of drug-likeness (QED) is 0.230. The Morgan fingerprint density at radius 2 is 1.91 bits per heavy atom. The van der Waals surface area contributed by atoms with Gasteiger partial charge in [0.15, 0.2) is 0 Å². The number of esters is 1. The minimum absolute atomic E-state index is 0.0187. The molecule has 1 N–H and O–H groups in total. The van der Waals surface area contributed by atoms with E-state index in [0.29, 0.717) is 29.1 Å². The van der Waals surface area contributed by atoms with Gasteiger partial charge in [0.25, 0.3) is 5.69 Å². The van der Waals surface area contributed by atoms with Crippen LogP contribution in [0, 0.1) is 10.1 Å². The molecule has 1 aliphatic rings. The number of nitro benzene ring substituents is 1. The second kappa shape index (κ2) is 10.4. The van der Waals surface area contributed by atoms with Gasteiger partial charge < -0.3 is 10.1 Å². The van der Waals surface area contributed by atoms with Gasteiger partial charge in [0, 0.05) is 42.7 Å². The van der Waals surface area contributed by atoms with Crippen molar-refractivity contribution in [3.05, 3.63) is 97.9 Å². The molecule has 2 heterocycles. The predicted molar refractivity (Wildman–Crippen MR) is 131 cm³/mol. The summed E-state index contributed by atoms with van der Waals surface area (Å²) < 4.78 is 4.99. The Balaban J connectivity index is 1.49. The first-order chi connectivity index (χ1) is 16.4. The first-order valence-corrected chi connectivity index (χ1v) is 11.5. The van der Waals surface area contributed by atoms with Gasteiger partial charge >= 0.3 is 5.97 Å². The number of rotatable bonds is 7. The largest absolute Gasteiger partial charge is 0.465 e. The lowest BCUT2D eigenvalue weighted by atomic mass is 10.0. The molecule has 8 nitrogen and oxygen atoms in total. The Kier molecular flexibility index (Phi) is 7.15. The van der Waals surface area contributed by atoms with Crippen LogP contribution in [0.25, 0.3) is 6.08 Å². The summed E-state index contributed by atoms with van der Waals surface area (Å²) >= 11 is 1.39. The van der Waals surface area contributed by atoms with E-state index in [1.165, 1.54) is 42.2 Å². The Morgan fingerprint density at radius 1 is 1.18 bits per heavy atom. The smallest absolute Gasteiger partial charge is 0.341 e. The van der Waals surface area contributed by atoms with Gasteiger partial charge in [-0.1, -0.05) is 30.3 Å². The van der Waals surface area contributed by atoms with Gasteiger partial charge in [-0.15, -0.1) is 11.3 Å². The number of amides is 1. The summed E-state index contributed by atoms with van der Waals surface area (Å²) in [6, 6.07) is 16.1. The van der Waals surface area contributed by atoms with E-state index in [1.807, 2.05) is 18.2 Å². The Labute approximate surface area is 200 Å². The third-order valence-corrected chi connectivity index (χ3v) is 6.67. The van der Waals surface area contributed by atoms with E-state index in [0.717, 1.165) is 23.5 Å². The number of nitrogens with zero attached hydrogens (tertiary/aromatic N) is 2. The predicted octanol–water partition coefficient (Wildman–Crippen LogP) is 4.65. The molecular weight excluding hydrogens is 454 g/mol. The van der Waals surface area contributed by atoms with Crippen LogP contribution in [0.15, 0.2) is 60.7 Å². The summed E-state index contributed by atoms with van der Waals surface area (Å²) in [4.78, 5) is 38.8. The van der Waals surface area contributed by atoms with E-state index >= 15 is 0 Å². The molecule has 0 saturated heterocycles. The molecule has 9 heteroatoms. The van der Waals surface area contributed by atoms with E-state index in [9.17, 15) is 19.7 Å². The molecule has 0 spiro atoms. The van der Waals surface area contributed by atoms with Gasteiger partial charge in [-0.25, -0.2) is 4.79 Å². The van der Waals surface area contributed by atoms with Crippen molar-refractivity contribution >= 4 is 40.0 Å². The fraction of sp³-hybridized carbons (Fsp3) is 0.200. The average molecular weight is 478 g/mol. The highest BCUT2D eigenvalue weighted by atomic mass is 32.1. The SMILES string of the molecule is COC(=O)c1c(NC(=O)/C=C\c2ccc([N+](=O)[O-])cc2)sc2c1CCN(Cc1ccccc1)C2. The van der Waals surface area contributed by atoms with Gasteiger partial charge in [0.05, 0.1) is 17.6 Å². The maximum atomic E-state index is 12.6. The highest BCUT2D eigenvalue weighted by Crippen LogP contribution is 2.38. The van der Waals surface area contributed by atoms with Crippen LogP contribution in [0.5, 0.6) is 0 Å². The monoisotopic (exact) mass is 477 g/mol. The number of nitro groups is 1. The van der Waals surface area contributed by atoms with Gasteiger partial charge in [0.2, 0.25) is 5.91 Å². The van der Waals surface area contributed by atoms with Crippen molar-refractivity contribution in [1.29, 1.82) is 0 Å². The van der Waals surface area contributed by atoms with E-state index in [2.05, 4.69) is 22.3 Å². The fourth-order valence-corrected chi connectivity index (χ4v) is 5.15. The summed E-state index contributed by atoms with van der Waals surface area (Å²) in [5, 5.41) is 14.1. The molecular formula is C25H23N3O5S. The van der Waals surface area contributed by atoms with Crippen LogP contribution in [0.1, 0.15) is 31.9 Å². The highest BCUT2D eigenvalue weighted by molar-refractivity contribution is 7.17. The lowest BCUT2D eigenvalue weighted by Crippen LogP contribution is -2.29. The first-order valence-electron chi connectivity index (χ1n) is 10.7. The standard InChI is InChI=1S/C25H23N3O5S/c1-33-25(30)23-20-13-14-27(15-18-5-3-2-4-6-18)16-21(20)34-24(23)26-22(29)12-9-17-7-10-19(11-8-17)28(31)32/h2-12H,13-16H2,1H3,(H,26,29)/b12-9-. The second-order valence-corrected chi connectivity index (χ2v) is 8.92. The number of nitrogens with one attached hydrogen (secondary N) is 1. The van der Waals surface area contributed by atoms with Gasteiger partial charge in [-0.2, -0.15) is 0 Å². The third-order valence-electron chi connectivity index (χ3n) is 5.54. The van der Waals surface area contributed by atoms with Crippen LogP contribution in [0.2, 0.25) is 0 Å². The molecule has 0 aliphatic carbocycles. The van der Waals surface area contributed by atoms with Crippen LogP contribution in [-0.4, -0.2) is 35.4 Å². The van der Waals surface area contributed by atoms with Crippen molar-refractivity contribution in [1.82, 2.24) is 4.90 Å². The van der Waals surface area contributed by atoms with E-state index in [4.69, 9.17) is 4.74 Å². The molecule has 0 unspecified atom stereocenters. The summed E-state index contributed by atoms with van der Waals surface area (Å²) in [6.45, 7) is 2.30. The molecule has 0 radical (unpaired) electrons. The first kappa shape index (κ1) is 23.3. The fourth-order valence-electron chi connectivity index (χ4n) is 3.87. The maximum absolute atomic E-state index is 12.6. The normalized spacial score (nSPS) is 13.4. The van der Waals surface area contributed by atoms with E-state index in [1.54, 1.807) is 18.2 Å². The number of methoxy groups -OCH3 is 1. The van der Waals surface area contributed by atoms with Crippen molar-refractivity contribution in [3.8, 4) is 0 Å². The average Bonchev–Trinajstić information content (AvgIpc) is 3.20.